The predicted octanol–water partition coefficient (Wildman–Crippen LogP) is 4.74. The lowest BCUT2D eigenvalue weighted by atomic mass is 10.1. The maximum atomic E-state index is 10.8. The Balaban J connectivity index is 2.59. The molecule has 1 aromatic heterocycles. The van der Waals surface area contributed by atoms with Gasteiger partial charge in [0.25, 0.3) is 0 Å². The van der Waals surface area contributed by atoms with Crippen LogP contribution in [0.2, 0.25) is 10.0 Å². The van der Waals surface area contributed by atoms with Crippen molar-refractivity contribution in [2.24, 2.45) is 5.92 Å². The van der Waals surface area contributed by atoms with Crippen molar-refractivity contribution in [3.05, 3.63) is 22.2 Å². The lowest BCUT2D eigenvalue weighted by molar-refractivity contribution is -0.133. The zero-order valence-corrected chi connectivity index (χ0v) is 14.3. The molecule has 7 heteroatoms. The molecule has 1 heterocycles. The quantitative estimate of drug-likeness (QED) is 0.794. The molecule has 21 heavy (non-hydrogen) atoms. The number of halogens is 2. The summed E-state index contributed by atoms with van der Waals surface area (Å²) in [6, 6.07) is 3.67. The van der Waals surface area contributed by atoms with Gasteiger partial charge >= 0.3 is 5.97 Å². The van der Waals surface area contributed by atoms with E-state index in [2.05, 4.69) is 25.8 Å². The van der Waals surface area contributed by atoms with Crippen LogP contribution in [0.1, 0.15) is 26.8 Å². The van der Waals surface area contributed by atoms with Crippen LogP contribution in [0.5, 0.6) is 0 Å². The highest BCUT2D eigenvalue weighted by molar-refractivity contribution is 7.99. The fourth-order valence-electron chi connectivity index (χ4n) is 1.99. The lowest BCUT2D eigenvalue weighted by Crippen LogP contribution is -2.13. The summed E-state index contributed by atoms with van der Waals surface area (Å²) in [5.41, 5.74) is 1.60. The van der Waals surface area contributed by atoms with Gasteiger partial charge in [-0.1, -0.05) is 48.8 Å². The van der Waals surface area contributed by atoms with E-state index in [9.17, 15) is 4.79 Å². The Hall–Kier alpha value is -0.910. The number of nitrogens with zero attached hydrogens (tertiary/aromatic N) is 2. The number of carboxylic acid groups (broad SMARTS) is 1. The van der Waals surface area contributed by atoms with Crippen molar-refractivity contribution >= 4 is 52.0 Å². The molecule has 2 rings (SSSR count). The van der Waals surface area contributed by atoms with E-state index in [0.717, 1.165) is 11.0 Å². The highest BCUT2D eigenvalue weighted by Crippen LogP contribution is 2.34. The fraction of sp³-hybridized carbons (Fsp3) is 0.429. The van der Waals surface area contributed by atoms with Gasteiger partial charge < -0.3 is 9.67 Å². The van der Waals surface area contributed by atoms with E-state index in [1.807, 2.05) is 4.57 Å². The molecule has 1 unspecified atom stereocenters. The molecule has 0 radical (unpaired) electrons. The molecule has 0 fully saturated rings. The number of aromatic nitrogens is 2. The molecule has 0 spiro atoms. The highest BCUT2D eigenvalue weighted by Gasteiger charge is 2.20. The zero-order chi connectivity index (χ0) is 15.7. The number of fused-ring (bicyclic) bond motifs is 1. The topological polar surface area (TPSA) is 55.1 Å². The number of hydrogen-bond donors (Lipinski definition) is 1. The second-order valence-electron chi connectivity index (χ2n) is 5.19. The number of carbonyl (C=O) groups is 1. The molecular formula is C14H16Cl2N2O2S. The number of carboxylic acids is 1. The summed E-state index contributed by atoms with van der Waals surface area (Å²) in [6.07, 6.45) is 0. The molecule has 1 N–H and O–H groups in total. The minimum Gasteiger partial charge on any atom is -0.481 e. The minimum atomic E-state index is -0.869. The van der Waals surface area contributed by atoms with Crippen molar-refractivity contribution in [2.45, 2.75) is 32.0 Å². The Kier molecular flexibility index (Phi) is 5.07. The Morgan fingerprint density at radius 1 is 1.33 bits per heavy atom. The molecular weight excluding hydrogens is 331 g/mol. The molecule has 0 saturated heterocycles. The Bertz CT molecular complexity index is 685. The largest absolute Gasteiger partial charge is 0.481 e. The molecule has 0 aliphatic rings. The number of aliphatic carboxylic acids is 1. The zero-order valence-electron chi connectivity index (χ0n) is 11.9. The van der Waals surface area contributed by atoms with E-state index < -0.39 is 5.97 Å². The minimum absolute atomic E-state index is 0.0321. The van der Waals surface area contributed by atoms with Crippen molar-refractivity contribution in [1.29, 1.82) is 0 Å². The first-order valence-corrected chi connectivity index (χ1v) is 8.27. The maximum Gasteiger partial charge on any atom is 0.313 e. The van der Waals surface area contributed by atoms with Gasteiger partial charge in [0.1, 0.15) is 0 Å². The average Bonchev–Trinajstić information content (AvgIpc) is 2.73. The Labute approximate surface area is 137 Å². The van der Waals surface area contributed by atoms with Gasteiger partial charge in [0.05, 0.1) is 26.8 Å². The van der Waals surface area contributed by atoms with Crippen molar-refractivity contribution in [1.82, 2.24) is 9.55 Å². The summed E-state index contributed by atoms with van der Waals surface area (Å²) in [4.78, 5) is 15.3. The molecule has 0 amide bonds. The molecule has 0 aliphatic heterocycles. The van der Waals surface area contributed by atoms with Crippen LogP contribution in [0, 0.1) is 5.92 Å². The van der Waals surface area contributed by atoms with Crippen molar-refractivity contribution in [3.8, 4) is 0 Å². The second-order valence-corrected chi connectivity index (χ2v) is 6.94. The van der Waals surface area contributed by atoms with Gasteiger partial charge in [-0.2, -0.15) is 0 Å². The van der Waals surface area contributed by atoms with Crippen molar-refractivity contribution in [3.63, 3.8) is 0 Å². The van der Waals surface area contributed by atoms with E-state index in [1.165, 1.54) is 11.8 Å². The number of rotatable bonds is 5. The van der Waals surface area contributed by atoms with Gasteiger partial charge in [-0.25, -0.2) is 4.98 Å². The third kappa shape index (κ3) is 3.47. The Morgan fingerprint density at radius 2 is 1.95 bits per heavy atom. The monoisotopic (exact) mass is 346 g/mol. The Morgan fingerprint density at radius 3 is 2.52 bits per heavy atom. The smallest absolute Gasteiger partial charge is 0.313 e. The normalized spacial score (nSPS) is 13.0. The molecule has 1 atom stereocenters. The first kappa shape index (κ1) is 16.5. The molecule has 2 aromatic rings. The summed E-state index contributed by atoms with van der Waals surface area (Å²) in [5, 5.41) is 10.5. The number of imidazole rings is 1. The first-order chi connectivity index (χ1) is 9.81. The van der Waals surface area contributed by atoms with Crippen LogP contribution < -0.4 is 0 Å². The van der Waals surface area contributed by atoms with Gasteiger partial charge in [-0.05, 0) is 25.0 Å². The lowest BCUT2D eigenvalue weighted by Gasteiger charge is -2.20. The molecule has 114 valence electrons. The van der Waals surface area contributed by atoms with Crippen LogP contribution in [-0.4, -0.2) is 26.4 Å². The SMILES string of the molecule is CC(C)C(C)n1c(SCC(=O)O)nc2cc(Cl)c(Cl)cc21. The maximum absolute atomic E-state index is 10.8. The van der Waals surface area contributed by atoms with Gasteiger partial charge in [-0.3, -0.25) is 4.79 Å². The van der Waals surface area contributed by atoms with E-state index >= 15 is 0 Å². The van der Waals surface area contributed by atoms with Gasteiger partial charge in [0, 0.05) is 6.04 Å². The third-order valence-corrected chi connectivity index (χ3v) is 5.06. The highest BCUT2D eigenvalue weighted by atomic mass is 35.5. The summed E-state index contributed by atoms with van der Waals surface area (Å²) in [7, 11) is 0. The average molecular weight is 347 g/mol. The third-order valence-electron chi connectivity index (χ3n) is 3.40. The number of thioether (sulfide) groups is 1. The fourth-order valence-corrected chi connectivity index (χ4v) is 3.12. The molecule has 0 saturated carbocycles. The summed E-state index contributed by atoms with van der Waals surface area (Å²) >= 11 is 13.3. The van der Waals surface area contributed by atoms with Crippen molar-refractivity contribution in [2.75, 3.05) is 5.75 Å². The summed E-state index contributed by atoms with van der Waals surface area (Å²) < 4.78 is 2.04. The first-order valence-electron chi connectivity index (χ1n) is 6.52. The number of benzene rings is 1. The second kappa shape index (κ2) is 6.46. The van der Waals surface area contributed by atoms with Crippen LogP contribution in [0.3, 0.4) is 0 Å². The van der Waals surface area contributed by atoms with Crippen LogP contribution >= 0.6 is 35.0 Å². The summed E-state index contributed by atoms with van der Waals surface area (Å²) in [6.45, 7) is 6.30. The van der Waals surface area contributed by atoms with E-state index in [-0.39, 0.29) is 11.8 Å². The number of hydrogen-bond acceptors (Lipinski definition) is 3. The van der Waals surface area contributed by atoms with Crippen molar-refractivity contribution < 1.29 is 9.90 Å². The standard InChI is InChI=1S/C14H16Cl2N2O2S/c1-7(2)8(3)18-12-5-10(16)9(15)4-11(12)17-14(18)21-6-13(19)20/h4-5,7-8H,6H2,1-3H3,(H,19,20). The molecule has 0 aliphatic carbocycles. The van der Waals surface area contributed by atoms with Gasteiger partial charge in [0.15, 0.2) is 5.16 Å². The van der Waals surface area contributed by atoms with E-state index in [4.69, 9.17) is 28.3 Å². The van der Waals surface area contributed by atoms with E-state index in [0.29, 0.717) is 21.1 Å². The molecule has 1 aromatic carbocycles. The van der Waals surface area contributed by atoms with Gasteiger partial charge in [0.2, 0.25) is 0 Å². The summed E-state index contributed by atoms with van der Waals surface area (Å²) in [5.74, 6) is -0.525. The molecule has 0 bridgehead atoms. The van der Waals surface area contributed by atoms with Crippen LogP contribution in [-0.2, 0) is 4.79 Å². The van der Waals surface area contributed by atoms with Crippen LogP contribution in [0.4, 0.5) is 0 Å². The van der Waals surface area contributed by atoms with Crippen LogP contribution in [0.15, 0.2) is 17.3 Å². The van der Waals surface area contributed by atoms with E-state index in [1.54, 1.807) is 12.1 Å². The van der Waals surface area contributed by atoms with Crippen LogP contribution in [0.25, 0.3) is 11.0 Å². The van der Waals surface area contributed by atoms with Gasteiger partial charge in [-0.15, -0.1) is 0 Å². The molecule has 4 nitrogen and oxygen atoms in total. The predicted molar refractivity (Wildman–Crippen MR) is 87.7 cm³/mol.